The molecular formula is C21H23F2N2O4. The van der Waals surface area contributed by atoms with Gasteiger partial charge in [-0.05, 0) is 36.6 Å². The van der Waals surface area contributed by atoms with Crippen molar-refractivity contribution < 1.29 is 28.3 Å². The first-order valence-corrected chi connectivity index (χ1v) is 9.06. The van der Waals surface area contributed by atoms with E-state index in [1.165, 1.54) is 12.1 Å². The molecule has 0 bridgehead atoms. The molecule has 1 amide bonds. The molecule has 2 rings (SSSR count). The first-order valence-electron chi connectivity index (χ1n) is 9.06. The van der Waals surface area contributed by atoms with Crippen molar-refractivity contribution >= 4 is 11.7 Å². The second kappa shape index (κ2) is 9.56. The van der Waals surface area contributed by atoms with Gasteiger partial charge in [0.1, 0.15) is 0 Å². The van der Waals surface area contributed by atoms with Crippen LogP contribution in [0, 0.1) is 13.0 Å². The number of pyridine rings is 1. The zero-order valence-electron chi connectivity index (χ0n) is 16.6. The molecule has 0 saturated heterocycles. The Morgan fingerprint density at radius 3 is 2.52 bits per heavy atom. The SMILES string of the molecule is CC(=O)N(O)C(CC(=O)c1[c]c(C(C)C)ccc1)c1ccc(C)nc1OC(F)F. The van der Waals surface area contributed by atoms with Gasteiger partial charge in [0.2, 0.25) is 11.8 Å². The molecule has 29 heavy (non-hydrogen) atoms. The maximum absolute atomic E-state index is 12.8. The van der Waals surface area contributed by atoms with Crippen LogP contribution >= 0.6 is 0 Å². The Morgan fingerprint density at radius 2 is 1.93 bits per heavy atom. The average Bonchev–Trinajstić information content (AvgIpc) is 2.65. The summed E-state index contributed by atoms with van der Waals surface area (Å²) in [4.78, 5) is 28.5. The van der Waals surface area contributed by atoms with Gasteiger partial charge in [-0.15, -0.1) is 0 Å². The molecule has 155 valence electrons. The molecule has 0 aliphatic carbocycles. The lowest BCUT2D eigenvalue weighted by Crippen LogP contribution is -2.32. The molecule has 0 aliphatic rings. The summed E-state index contributed by atoms with van der Waals surface area (Å²) in [6.07, 6.45) is -0.363. The van der Waals surface area contributed by atoms with Crippen LogP contribution in [0.25, 0.3) is 0 Å². The van der Waals surface area contributed by atoms with E-state index < -0.39 is 30.2 Å². The second-order valence-corrected chi connectivity index (χ2v) is 6.91. The number of hydrogen-bond acceptors (Lipinski definition) is 5. The predicted octanol–water partition coefficient (Wildman–Crippen LogP) is 4.47. The molecule has 1 atom stereocenters. The predicted molar refractivity (Wildman–Crippen MR) is 101 cm³/mol. The Balaban J connectivity index is 2.43. The van der Waals surface area contributed by atoms with Crippen LogP contribution in [0.5, 0.6) is 5.88 Å². The first-order chi connectivity index (χ1) is 13.6. The third-order valence-electron chi connectivity index (χ3n) is 4.33. The quantitative estimate of drug-likeness (QED) is 0.398. The molecule has 8 heteroatoms. The number of carbonyl (C=O) groups is 2. The van der Waals surface area contributed by atoms with Crippen LogP contribution in [0.4, 0.5) is 8.78 Å². The summed E-state index contributed by atoms with van der Waals surface area (Å²) in [6.45, 7) is 3.44. The van der Waals surface area contributed by atoms with Crippen LogP contribution in [0.2, 0.25) is 0 Å². The molecule has 1 radical (unpaired) electrons. The lowest BCUT2D eigenvalue weighted by atomic mass is 9.94. The van der Waals surface area contributed by atoms with Crippen molar-refractivity contribution in [3.63, 3.8) is 0 Å². The Bertz CT molecular complexity index is 887. The molecule has 0 fully saturated rings. The van der Waals surface area contributed by atoms with Gasteiger partial charge in [0, 0.05) is 30.2 Å². The van der Waals surface area contributed by atoms with Crippen LogP contribution in [-0.4, -0.2) is 33.6 Å². The monoisotopic (exact) mass is 405 g/mol. The summed E-state index contributed by atoms with van der Waals surface area (Å²) in [7, 11) is 0. The number of aromatic nitrogens is 1. The summed E-state index contributed by atoms with van der Waals surface area (Å²) in [6, 6.07) is 9.82. The Hall–Kier alpha value is -2.87. The van der Waals surface area contributed by atoms with E-state index in [1.807, 2.05) is 19.9 Å². The van der Waals surface area contributed by atoms with Gasteiger partial charge in [-0.25, -0.2) is 10.0 Å². The van der Waals surface area contributed by atoms with Gasteiger partial charge in [0.05, 0.1) is 6.04 Å². The average molecular weight is 405 g/mol. The van der Waals surface area contributed by atoms with E-state index in [0.717, 1.165) is 12.5 Å². The third-order valence-corrected chi connectivity index (χ3v) is 4.33. The Morgan fingerprint density at radius 1 is 1.24 bits per heavy atom. The second-order valence-electron chi connectivity index (χ2n) is 6.91. The van der Waals surface area contributed by atoms with Gasteiger partial charge in [0.25, 0.3) is 0 Å². The molecule has 1 heterocycles. The van der Waals surface area contributed by atoms with Gasteiger partial charge < -0.3 is 4.74 Å². The minimum Gasteiger partial charge on any atom is -0.417 e. The van der Waals surface area contributed by atoms with Crippen molar-refractivity contribution in [2.75, 3.05) is 0 Å². The third kappa shape index (κ3) is 5.80. The molecule has 0 aliphatic heterocycles. The Kier molecular flexibility index (Phi) is 7.39. The van der Waals surface area contributed by atoms with Gasteiger partial charge in [-0.1, -0.05) is 32.0 Å². The molecule has 1 aromatic heterocycles. The lowest BCUT2D eigenvalue weighted by Gasteiger charge is -2.26. The summed E-state index contributed by atoms with van der Waals surface area (Å²) < 4.78 is 30.1. The molecule has 0 saturated carbocycles. The van der Waals surface area contributed by atoms with Gasteiger partial charge in [0.15, 0.2) is 5.78 Å². The standard InChI is InChI=1S/C21H23F2N2O4/c1-12(2)15-6-5-7-16(10-15)19(27)11-18(25(28)14(4)26)17-9-8-13(3)24-20(17)29-21(22)23/h5-9,12,18,21,28H,11H2,1-4H3. The van der Waals surface area contributed by atoms with E-state index in [4.69, 9.17) is 0 Å². The molecular weight excluding hydrogens is 382 g/mol. The van der Waals surface area contributed by atoms with E-state index in [1.54, 1.807) is 19.1 Å². The fourth-order valence-corrected chi connectivity index (χ4v) is 2.80. The van der Waals surface area contributed by atoms with Crippen LogP contribution in [0.15, 0.2) is 30.3 Å². The number of amides is 1. The number of nitrogens with zero attached hydrogens (tertiary/aromatic N) is 2. The zero-order valence-corrected chi connectivity index (χ0v) is 16.6. The number of halogens is 2. The zero-order chi connectivity index (χ0) is 21.7. The van der Waals surface area contributed by atoms with E-state index in [9.17, 15) is 23.6 Å². The van der Waals surface area contributed by atoms with E-state index in [0.29, 0.717) is 10.8 Å². The summed E-state index contributed by atoms with van der Waals surface area (Å²) in [5, 5.41) is 10.6. The lowest BCUT2D eigenvalue weighted by molar-refractivity contribution is -0.174. The first kappa shape index (κ1) is 22.4. The number of ether oxygens (including phenoxy) is 1. The van der Waals surface area contributed by atoms with Gasteiger partial charge >= 0.3 is 6.61 Å². The highest BCUT2D eigenvalue weighted by atomic mass is 19.3. The van der Waals surface area contributed by atoms with Crippen molar-refractivity contribution in [1.82, 2.24) is 10.0 Å². The van der Waals surface area contributed by atoms with Crippen molar-refractivity contribution in [1.29, 1.82) is 0 Å². The highest BCUT2D eigenvalue weighted by molar-refractivity contribution is 5.96. The maximum atomic E-state index is 12.8. The largest absolute Gasteiger partial charge is 0.417 e. The maximum Gasteiger partial charge on any atom is 0.388 e. The number of rotatable bonds is 8. The topological polar surface area (TPSA) is 79.7 Å². The van der Waals surface area contributed by atoms with E-state index in [2.05, 4.69) is 15.8 Å². The minimum absolute atomic E-state index is 0.00182. The number of hydroxylamine groups is 2. The number of carbonyl (C=O) groups excluding carboxylic acids is 2. The van der Waals surface area contributed by atoms with Crippen LogP contribution in [-0.2, 0) is 4.79 Å². The number of Topliss-reactive ketones (excluding diaryl/α,β-unsaturated/α-hetero) is 1. The number of hydrogen-bond donors (Lipinski definition) is 1. The molecule has 1 unspecified atom stereocenters. The van der Waals surface area contributed by atoms with Crippen molar-refractivity contribution in [2.45, 2.75) is 52.7 Å². The number of ketones is 1. The molecule has 6 nitrogen and oxygen atoms in total. The summed E-state index contributed by atoms with van der Waals surface area (Å²) in [5.74, 6) is -1.47. The van der Waals surface area contributed by atoms with Crippen LogP contribution in [0.3, 0.4) is 0 Å². The van der Waals surface area contributed by atoms with Crippen LogP contribution < -0.4 is 4.74 Å². The summed E-state index contributed by atoms with van der Waals surface area (Å²) >= 11 is 0. The number of alkyl halides is 2. The highest BCUT2D eigenvalue weighted by Gasteiger charge is 2.29. The van der Waals surface area contributed by atoms with Crippen LogP contribution in [0.1, 0.15) is 66.3 Å². The van der Waals surface area contributed by atoms with Crippen molar-refractivity contribution in [3.05, 3.63) is 58.8 Å². The Labute approximate surface area is 168 Å². The van der Waals surface area contributed by atoms with E-state index in [-0.39, 0.29) is 23.5 Å². The highest BCUT2D eigenvalue weighted by Crippen LogP contribution is 2.32. The number of benzene rings is 1. The minimum atomic E-state index is -3.15. The molecule has 2 aromatic rings. The number of aryl methyl sites for hydroxylation is 1. The van der Waals surface area contributed by atoms with E-state index >= 15 is 0 Å². The smallest absolute Gasteiger partial charge is 0.388 e. The molecule has 1 aromatic carbocycles. The summed E-state index contributed by atoms with van der Waals surface area (Å²) in [5.41, 5.74) is 1.51. The normalized spacial score (nSPS) is 12.2. The van der Waals surface area contributed by atoms with Crippen molar-refractivity contribution in [3.8, 4) is 5.88 Å². The van der Waals surface area contributed by atoms with Crippen molar-refractivity contribution in [2.24, 2.45) is 0 Å². The van der Waals surface area contributed by atoms with Gasteiger partial charge in [-0.3, -0.25) is 14.8 Å². The fraction of sp³-hybridized carbons (Fsp3) is 0.381. The fourth-order valence-electron chi connectivity index (χ4n) is 2.80. The van der Waals surface area contributed by atoms with Gasteiger partial charge in [-0.2, -0.15) is 8.78 Å². The molecule has 1 N–H and O–H groups in total. The molecule has 0 spiro atoms.